The molecule has 0 saturated carbocycles. The predicted octanol–water partition coefficient (Wildman–Crippen LogP) is 13.7. The number of aromatic nitrogens is 2. The van der Waals surface area contributed by atoms with E-state index in [1.807, 2.05) is 0 Å². The molecule has 1 aliphatic heterocycles. The van der Waals surface area contributed by atoms with Crippen molar-refractivity contribution in [2.45, 2.75) is 6.17 Å². The van der Waals surface area contributed by atoms with Crippen LogP contribution in [0.25, 0.3) is 76.9 Å². The van der Waals surface area contributed by atoms with Crippen LogP contribution in [0.5, 0.6) is 0 Å². The van der Waals surface area contributed by atoms with Gasteiger partial charge in [-0.1, -0.05) is 152 Å². The summed E-state index contributed by atoms with van der Waals surface area (Å²) in [5, 5.41) is 11.2. The molecule has 272 valence electrons. The molecule has 0 saturated heterocycles. The Morgan fingerprint density at radius 3 is 1.71 bits per heavy atom. The third-order valence-electron chi connectivity index (χ3n) is 11.9. The summed E-state index contributed by atoms with van der Waals surface area (Å²) in [4.78, 5) is 5.36. The molecule has 0 aliphatic carbocycles. The number of nitrogens with zero attached hydrogens (tertiary/aromatic N) is 3. The van der Waals surface area contributed by atoms with Gasteiger partial charge in [-0.25, -0.2) is 0 Å². The molecule has 1 unspecified atom stereocenters. The predicted molar refractivity (Wildman–Crippen MR) is 243 cm³/mol. The molecule has 12 rings (SSSR count). The molecule has 4 heteroatoms. The highest BCUT2D eigenvalue weighted by Gasteiger charge is 2.25. The molecule has 4 nitrogen and oxygen atoms in total. The Labute approximate surface area is 335 Å². The Morgan fingerprint density at radius 2 is 0.931 bits per heavy atom. The average Bonchev–Trinajstić information content (AvgIpc) is 3.81. The van der Waals surface area contributed by atoms with E-state index in [0.29, 0.717) is 0 Å². The normalized spacial score (nSPS) is 13.9. The lowest BCUT2D eigenvalue weighted by molar-refractivity contribution is 0.830. The van der Waals surface area contributed by atoms with Crippen LogP contribution in [-0.2, 0) is 0 Å². The second-order valence-corrected chi connectivity index (χ2v) is 15.2. The van der Waals surface area contributed by atoms with E-state index in [9.17, 15) is 0 Å². The largest absolute Gasteiger partial charge is 0.359 e. The van der Waals surface area contributed by atoms with Gasteiger partial charge < -0.3 is 14.5 Å². The van der Waals surface area contributed by atoms with Gasteiger partial charge in [0.05, 0.1) is 33.5 Å². The van der Waals surface area contributed by atoms with Crippen LogP contribution in [0, 0.1) is 0 Å². The van der Waals surface area contributed by atoms with Gasteiger partial charge in [0.25, 0.3) is 0 Å². The highest BCUT2D eigenvalue weighted by molar-refractivity contribution is 6.20. The molecule has 58 heavy (non-hydrogen) atoms. The topological polar surface area (TPSA) is 34.2 Å². The summed E-state index contributed by atoms with van der Waals surface area (Å²) >= 11 is 0. The minimum atomic E-state index is -0.195. The quantitative estimate of drug-likeness (QED) is 0.187. The molecule has 0 bridgehead atoms. The number of rotatable bonds is 5. The van der Waals surface area contributed by atoms with E-state index in [1.54, 1.807) is 0 Å². The van der Waals surface area contributed by atoms with Gasteiger partial charge in [-0.3, -0.25) is 4.99 Å². The van der Waals surface area contributed by atoms with Crippen molar-refractivity contribution in [2.24, 2.45) is 4.99 Å². The zero-order valence-corrected chi connectivity index (χ0v) is 31.5. The fraction of sp³-hybridized carbons (Fsp3) is 0.0185. The first-order valence-electron chi connectivity index (χ1n) is 19.9. The minimum absolute atomic E-state index is 0.195. The van der Waals surface area contributed by atoms with Crippen molar-refractivity contribution in [1.82, 2.24) is 9.13 Å². The molecule has 3 heterocycles. The van der Waals surface area contributed by atoms with E-state index in [1.165, 1.54) is 71.2 Å². The molecule has 0 spiro atoms. The zero-order valence-electron chi connectivity index (χ0n) is 31.5. The standard InChI is InChI=1S/C54H36N4/c1-3-14-37(15-4-1)54-55-52(46-31-25-35-13-7-8-18-42(35)53(46)56-54)36-23-28-41(29-24-36)58-48-21-11-9-19-43(48)45-30-26-39(34-51(45)58)38-27-32-50-47(33-38)44-20-10-12-22-49(44)57(50)40-16-5-2-6-17-40/h1-34,54,56H. The average molecular weight is 741 g/mol. The van der Waals surface area contributed by atoms with Gasteiger partial charge in [0, 0.05) is 49.4 Å². The number of benzene rings is 9. The van der Waals surface area contributed by atoms with Crippen molar-refractivity contribution in [3.05, 3.63) is 223 Å². The number of anilines is 1. The van der Waals surface area contributed by atoms with Gasteiger partial charge in [0.2, 0.25) is 0 Å². The van der Waals surface area contributed by atoms with Gasteiger partial charge in [0.15, 0.2) is 0 Å². The molecule has 1 atom stereocenters. The van der Waals surface area contributed by atoms with Gasteiger partial charge in [-0.05, 0) is 76.7 Å². The van der Waals surface area contributed by atoms with Crippen LogP contribution >= 0.6 is 0 Å². The summed E-state index contributed by atoms with van der Waals surface area (Å²) in [6.45, 7) is 0. The van der Waals surface area contributed by atoms with E-state index in [2.05, 4.69) is 221 Å². The first kappa shape index (κ1) is 32.5. The summed E-state index contributed by atoms with van der Waals surface area (Å²) in [7, 11) is 0. The van der Waals surface area contributed by atoms with E-state index in [-0.39, 0.29) is 6.17 Å². The Balaban J connectivity index is 0.990. The van der Waals surface area contributed by atoms with Crippen LogP contribution in [0.4, 0.5) is 5.69 Å². The summed E-state index contributed by atoms with van der Waals surface area (Å²) in [6, 6.07) is 74.5. The van der Waals surface area contributed by atoms with Crippen LogP contribution in [0.1, 0.15) is 22.9 Å². The second-order valence-electron chi connectivity index (χ2n) is 15.2. The van der Waals surface area contributed by atoms with Crippen molar-refractivity contribution in [2.75, 3.05) is 5.32 Å². The Morgan fingerprint density at radius 1 is 0.379 bits per heavy atom. The third-order valence-corrected chi connectivity index (χ3v) is 11.9. The maximum Gasteiger partial charge on any atom is 0.145 e. The van der Waals surface area contributed by atoms with Gasteiger partial charge >= 0.3 is 0 Å². The molecule has 0 radical (unpaired) electrons. The van der Waals surface area contributed by atoms with E-state index in [0.717, 1.165) is 33.8 Å². The fourth-order valence-electron chi connectivity index (χ4n) is 9.22. The van der Waals surface area contributed by atoms with Crippen LogP contribution < -0.4 is 5.32 Å². The molecule has 0 fully saturated rings. The molecule has 11 aromatic rings. The molecular formula is C54H36N4. The van der Waals surface area contributed by atoms with Crippen molar-refractivity contribution in [3.63, 3.8) is 0 Å². The van der Waals surface area contributed by atoms with Gasteiger partial charge in [-0.15, -0.1) is 0 Å². The first-order valence-corrected chi connectivity index (χ1v) is 19.9. The van der Waals surface area contributed by atoms with Crippen LogP contribution in [0.2, 0.25) is 0 Å². The monoisotopic (exact) mass is 740 g/mol. The number of fused-ring (bicyclic) bond motifs is 9. The van der Waals surface area contributed by atoms with Crippen molar-refractivity contribution in [3.8, 4) is 22.5 Å². The SMILES string of the molecule is c1ccc(C2N=C(c3ccc(-n4c5ccccc5c5ccc(-c6ccc7c(c6)c6ccccc6n7-c6ccccc6)cc54)cc3)c3ccc4ccccc4c3N2)cc1. The number of para-hydroxylation sites is 3. The number of aliphatic imine (C=N–C) groups is 1. The molecule has 1 N–H and O–H groups in total. The highest BCUT2D eigenvalue weighted by atomic mass is 15.1. The Bertz CT molecular complexity index is 3410. The maximum absolute atomic E-state index is 5.36. The van der Waals surface area contributed by atoms with Crippen LogP contribution in [-0.4, -0.2) is 14.8 Å². The van der Waals surface area contributed by atoms with E-state index < -0.39 is 0 Å². The minimum Gasteiger partial charge on any atom is -0.359 e. The van der Waals surface area contributed by atoms with E-state index >= 15 is 0 Å². The van der Waals surface area contributed by atoms with Gasteiger partial charge in [0.1, 0.15) is 6.17 Å². The van der Waals surface area contributed by atoms with Crippen molar-refractivity contribution >= 4 is 65.8 Å². The van der Waals surface area contributed by atoms with Gasteiger partial charge in [-0.2, -0.15) is 0 Å². The third kappa shape index (κ3) is 5.05. The van der Waals surface area contributed by atoms with Crippen molar-refractivity contribution < 1.29 is 0 Å². The molecule has 9 aromatic carbocycles. The lowest BCUT2D eigenvalue weighted by atomic mass is 9.94. The smallest absolute Gasteiger partial charge is 0.145 e. The molecular weight excluding hydrogens is 705 g/mol. The molecule has 2 aromatic heterocycles. The Hall–Kier alpha value is -7.69. The first-order chi connectivity index (χ1) is 28.8. The molecule has 1 aliphatic rings. The summed E-state index contributed by atoms with van der Waals surface area (Å²) < 4.78 is 4.79. The second kappa shape index (κ2) is 12.9. The number of nitrogens with one attached hydrogen (secondary N) is 1. The highest BCUT2D eigenvalue weighted by Crippen LogP contribution is 2.40. The summed E-state index contributed by atoms with van der Waals surface area (Å²) in [5.74, 6) is 0. The lowest BCUT2D eigenvalue weighted by Crippen LogP contribution is -2.21. The maximum atomic E-state index is 5.36. The van der Waals surface area contributed by atoms with Crippen molar-refractivity contribution in [1.29, 1.82) is 0 Å². The zero-order chi connectivity index (χ0) is 38.2. The summed E-state index contributed by atoms with van der Waals surface area (Å²) in [6.07, 6.45) is -0.195. The molecule has 0 amide bonds. The summed E-state index contributed by atoms with van der Waals surface area (Å²) in [5.41, 5.74) is 14.9. The lowest BCUT2D eigenvalue weighted by Gasteiger charge is -2.27. The number of hydrogen-bond donors (Lipinski definition) is 1. The fourth-order valence-corrected chi connectivity index (χ4v) is 9.22. The van der Waals surface area contributed by atoms with E-state index in [4.69, 9.17) is 4.99 Å². The van der Waals surface area contributed by atoms with Crippen LogP contribution in [0.15, 0.2) is 211 Å². The number of hydrogen-bond acceptors (Lipinski definition) is 2. The Kier molecular flexibility index (Phi) is 7.26. The van der Waals surface area contributed by atoms with Crippen LogP contribution in [0.3, 0.4) is 0 Å².